The number of carbonyl (C=O) groups is 1. The van der Waals surface area contributed by atoms with E-state index < -0.39 is 23.5 Å². The number of carbonyl (C=O) groups excluding carboxylic acids is 1. The Morgan fingerprint density at radius 1 is 1.60 bits per heavy atom. The van der Waals surface area contributed by atoms with E-state index in [0.29, 0.717) is 0 Å². The van der Waals surface area contributed by atoms with Gasteiger partial charge in [0.15, 0.2) is 0 Å². The Bertz CT molecular complexity index is 444. The smallest absolute Gasteiger partial charge is 0.340 e. The number of ether oxygens (including phenoxy) is 1. The normalized spacial score (nSPS) is 10.5. The van der Waals surface area contributed by atoms with Crippen LogP contribution in [-0.4, -0.2) is 18.1 Å². The fourth-order valence-electron chi connectivity index (χ4n) is 0.944. The van der Waals surface area contributed by atoms with E-state index in [9.17, 15) is 18.4 Å². The molecule has 0 aliphatic heterocycles. The Labute approximate surface area is 87.8 Å². The minimum Gasteiger partial charge on any atom is -0.465 e. The van der Waals surface area contributed by atoms with Gasteiger partial charge < -0.3 is 9.72 Å². The van der Waals surface area contributed by atoms with E-state index in [4.69, 9.17) is 11.6 Å². The molecule has 7 heteroatoms. The Hall–Kier alpha value is -1.43. The first-order valence-corrected chi connectivity index (χ1v) is 4.14. The van der Waals surface area contributed by atoms with Gasteiger partial charge in [-0.1, -0.05) is 11.6 Å². The summed E-state index contributed by atoms with van der Waals surface area (Å²) in [5, 5.41) is -0.323. The first-order chi connectivity index (χ1) is 6.97. The number of H-pyrrole nitrogens is 1. The lowest BCUT2D eigenvalue weighted by Gasteiger charge is -2.04. The highest BCUT2D eigenvalue weighted by Crippen LogP contribution is 2.19. The summed E-state index contributed by atoms with van der Waals surface area (Å²) in [6, 6.07) is 0.720. The lowest BCUT2D eigenvalue weighted by molar-refractivity contribution is 0.0600. The predicted octanol–water partition coefficient (Wildman–Crippen LogP) is 1.75. The van der Waals surface area contributed by atoms with Crippen LogP contribution < -0.4 is 5.56 Å². The Morgan fingerprint density at radius 2 is 2.20 bits per heavy atom. The van der Waals surface area contributed by atoms with Crippen LogP contribution in [0.25, 0.3) is 0 Å². The second-order valence-corrected chi connectivity index (χ2v) is 2.95. The van der Waals surface area contributed by atoms with Gasteiger partial charge in [-0.05, 0) is 6.07 Å². The molecule has 0 aromatic carbocycles. The van der Waals surface area contributed by atoms with Crippen LogP contribution in [0.5, 0.6) is 0 Å². The number of nitrogens with one attached hydrogen (secondary N) is 1. The summed E-state index contributed by atoms with van der Waals surface area (Å²) < 4.78 is 28.9. The molecule has 1 N–H and O–H groups in total. The SMILES string of the molecule is COC(=O)c1cc(C(F)F)c(=O)[nH]c1Cl. The minimum absolute atomic E-state index is 0.297. The Kier molecular flexibility index (Phi) is 3.41. The maximum atomic E-state index is 12.3. The maximum Gasteiger partial charge on any atom is 0.340 e. The standard InChI is InChI=1S/C8H6ClF2NO3/c1-15-8(14)3-2-4(6(10)11)7(13)12-5(3)9/h2,6H,1H3,(H,12,13). The fraction of sp³-hybridized carbons (Fsp3) is 0.250. The van der Waals surface area contributed by atoms with Gasteiger partial charge in [0, 0.05) is 0 Å². The quantitative estimate of drug-likeness (QED) is 0.630. The number of aromatic nitrogens is 1. The number of hydrogen-bond donors (Lipinski definition) is 1. The molecule has 0 aliphatic carbocycles. The number of rotatable bonds is 2. The summed E-state index contributed by atoms with van der Waals surface area (Å²) in [4.78, 5) is 24.0. The molecule has 1 heterocycles. The van der Waals surface area contributed by atoms with Crippen LogP contribution in [0.3, 0.4) is 0 Å². The van der Waals surface area contributed by atoms with E-state index in [1.165, 1.54) is 0 Å². The molecule has 0 saturated carbocycles. The predicted molar refractivity (Wildman–Crippen MR) is 48.4 cm³/mol. The van der Waals surface area contributed by atoms with Crippen molar-refractivity contribution >= 4 is 17.6 Å². The van der Waals surface area contributed by atoms with Gasteiger partial charge in [-0.2, -0.15) is 0 Å². The number of alkyl halides is 2. The fourth-order valence-corrected chi connectivity index (χ4v) is 1.16. The highest BCUT2D eigenvalue weighted by atomic mass is 35.5. The van der Waals surface area contributed by atoms with Gasteiger partial charge in [0.05, 0.1) is 18.2 Å². The third-order valence-corrected chi connectivity index (χ3v) is 1.96. The van der Waals surface area contributed by atoms with Crippen LogP contribution in [0.1, 0.15) is 22.3 Å². The molecular formula is C8H6ClF2NO3. The average Bonchev–Trinajstić information content (AvgIpc) is 2.16. The highest BCUT2D eigenvalue weighted by Gasteiger charge is 2.19. The van der Waals surface area contributed by atoms with E-state index >= 15 is 0 Å². The van der Waals surface area contributed by atoms with Crippen molar-refractivity contribution in [1.29, 1.82) is 0 Å². The van der Waals surface area contributed by atoms with Crippen LogP contribution in [-0.2, 0) is 4.74 Å². The van der Waals surface area contributed by atoms with Crippen molar-refractivity contribution in [2.24, 2.45) is 0 Å². The van der Waals surface area contributed by atoms with E-state index in [0.717, 1.165) is 13.2 Å². The molecular weight excluding hydrogens is 232 g/mol. The monoisotopic (exact) mass is 237 g/mol. The minimum atomic E-state index is -2.98. The number of esters is 1. The molecule has 0 saturated heterocycles. The molecule has 1 aromatic heterocycles. The summed E-state index contributed by atoms with van der Waals surface area (Å²) in [5.41, 5.74) is -2.14. The number of methoxy groups -OCH3 is 1. The van der Waals surface area contributed by atoms with Gasteiger partial charge in [-0.3, -0.25) is 4.79 Å². The number of hydrogen-bond acceptors (Lipinski definition) is 3. The molecule has 1 aromatic rings. The molecule has 0 amide bonds. The van der Waals surface area contributed by atoms with Crippen LogP contribution in [0.15, 0.2) is 10.9 Å². The lowest BCUT2D eigenvalue weighted by atomic mass is 10.2. The summed E-state index contributed by atoms with van der Waals surface area (Å²) >= 11 is 5.48. The lowest BCUT2D eigenvalue weighted by Crippen LogP contribution is -2.16. The zero-order valence-electron chi connectivity index (χ0n) is 7.51. The molecule has 1 rings (SSSR count). The zero-order valence-corrected chi connectivity index (χ0v) is 8.27. The summed E-state index contributed by atoms with van der Waals surface area (Å²) in [5.74, 6) is -0.891. The van der Waals surface area contributed by atoms with Crippen molar-refractivity contribution in [3.63, 3.8) is 0 Å². The Morgan fingerprint density at radius 3 is 2.67 bits per heavy atom. The molecule has 0 unspecified atom stereocenters. The van der Waals surface area contributed by atoms with Gasteiger partial charge in [0.2, 0.25) is 0 Å². The second-order valence-electron chi connectivity index (χ2n) is 2.57. The van der Waals surface area contributed by atoms with E-state index in [-0.39, 0.29) is 10.7 Å². The van der Waals surface area contributed by atoms with Crippen LogP contribution in [0.2, 0.25) is 5.15 Å². The van der Waals surface area contributed by atoms with Gasteiger partial charge in [-0.25, -0.2) is 13.6 Å². The average molecular weight is 238 g/mol. The second kappa shape index (κ2) is 4.39. The largest absolute Gasteiger partial charge is 0.465 e. The summed E-state index contributed by atoms with van der Waals surface area (Å²) in [6.45, 7) is 0. The van der Waals surface area contributed by atoms with Gasteiger partial charge >= 0.3 is 5.97 Å². The van der Waals surface area contributed by atoms with Crippen molar-refractivity contribution in [1.82, 2.24) is 4.98 Å². The van der Waals surface area contributed by atoms with Gasteiger partial charge in [-0.15, -0.1) is 0 Å². The van der Waals surface area contributed by atoms with Crippen molar-refractivity contribution in [3.8, 4) is 0 Å². The van der Waals surface area contributed by atoms with Crippen molar-refractivity contribution in [2.75, 3.05) is 7.11 Å². The Balaban J connectivity index is 3.36. The molecule has 4 nitrogen and oxygen atoms in total. The van der Waals surface area contributed by atoms with Crippen LogP contribution in [0.4, 0.5) is 8.78 Å². The molecule has 0 bridgehead atoms. The first-order valence-electron chi connectivity index (χ1n) is 3.76. The van der Waals surface area contributed by atoms with Crippen molar-refractivity contribution in [3.05, 3.63) is 32.7 Å². The first kappa shape index (κ1) is 11.6. The molecule has 0 radical (unpaired) electrons. The number of halogens is 3. The van der Waals surface area contributed by atoms with Crippen molar-refractivity contribution < 1.29 is 18.3 Å². The summed E-state index contributed by atoms with van der Waals surface area (Å²) in [6.07, 6.45) is -2.98. The summed E-state index contributed by atoms with van der Waals surface area (Å²) in [7, 11) is 1.08. The maximum absolute atomic E-state index is 12.3. The van der Waals surface area contributed by atoms with E-state index in [1.54, 1.807) is 0 Å². The number of aromatic amines is 1. The molecule has 15 heavy (non-hydrogen) atoms. The molecule has 0 atom stereocenters. The van der Waals surface area contributed by atoms with Gasteiger partial charge in [0.1, 0.15) is 5.15 Å². The molecule has 0 fully saturated rings. The highest BCUT2D eigenvalue weighted by molar-refractivity contribution is 6.32. The van der Waals surface area contributed by atoms with Crippen LogP contribution >= 0.6 is 11.6 Å². The molecule has 0 spiro atoms. The van der Waals surface area contributed by atoms with E-state index in [1.807, 2.05) is 4.98 Å². The molecule has 82 valence electrons. The topological polar surface area (TPSA) is 59.2 Å². The molecule has 0 aliphatic rings. The third-order valence-electron chi connectivity index (χ3n) is 1.66. The third kappa shape index (κ3) is 2.33. The zero-order chi connectivity index (χ0) is 11.6. The van der Waals surface area contributed by atoms with Crippen molar-refractivity contribution in [2.45, 2.75) is 6.43 Å². The van der Waals surface area contributed by atoms with E-state index in [2.05, 4.69) is 4.74 Å². The van der Waals surface area contributed by atoms with Crippen LogP contribution in [0, 0.1) is 0 Å². The van der Waals surface area contributed by atoms with Gasteiger partial charge in [0.25, 0.3) is 12.0 Å². The number of pyridine rings is 1.